The van der Waals surface area contributed by atoms with Crippen LogP contribution in [0.1, 0.15) is 25.7 Å². The van der Waals surface area contributed by atoms with E-state index in [1.165, 1.54) is 12.8 Å². The average molecular weight is 434 g/mol. The molecule has 5 rings (SSSR count). The van der Waals surface area contributed by atoms with E-state index in [0.29, 0.717) is 30.3 Å². The van der Waals surface area contributed by atoms with Crippen LogP contribution in [0.4, 0.5) is 10.8 Å². The Bertz CT molecular complexity index is 1310. The number of para-hydroxylation sites is 1. The van der Waals surface area contributed by atoms with Crippen LogP contribution in [0.3, 0.4) is 0 Å². The zero-order valence-electron chi connectivity index (χ0n) is 17.1. The van der Waals surface area contributed by atoms with E-state index < -0.39 is 0 Å². The van der Waals surface area contributed by atoms with Gasteiger partial charge in [-0.25, -0.2) is 9.97 Å². The third-order valence-electron chi connectivity index (χ3n) is 5.57. The minimum absolute atomic E-state index is 0.0644. The van der Waals surface area contributed by atoms with E-state index in [4.69, 9.17) is 4.98 Å². The van der Waals surface area contributed by atoms with Crippen molar-refractivity contribution in [2.75, 3.05) is 23.3 Å². The van der Waals surface area contributed by atoms with Gasteiger partial charge in [-0.2, -0.15) is 0 Å². The molecule has 8 heteroatoms. The number of aromatic nitrogens is 3. The van der Waals surface area contributed by atoms with Gasteiger partial charge in [0.05, 0.1) is 27.4 Å². The monoisotopic (exact) mass is 433 g/mol. The first-order valence-corrected chi connectivity index (χ1v) is 11.4. The number of hydrogen-bond acceptors (Lipinski definition) is 6. The highest BCUT2D eigenvalue weighted by molar-refractivity contribution is 7.22. The smallest absolute Gasteiger partial charge is 0.261 e. The summed E-state index contributed by atoms with van der Waals surface area (Å²) in [5.74, 6) is -0.0644. The molecule has 158 valence electrons. The molecule has 0 radical (unpaired) electrons. The molecular weight excluding hydrogens is 410 g/mol. The molecule has 0 atom stereocenters. The molecule has 1 fully saturated rings. The summed E-state index contributed by atoms with van der Waals surface area (Å²) >= 11 is 1.67. The Balaban J connectivity index is 1.20. The number of carbonyl (C=O) groups is 1. The first-order chi connectivity index (χ1) is 15.2. The molecule has 1 N–H and O–H groups in total. The molecule has 0 saturated carbocycles. The molecule has 4 aromatic rings. The van der Waals surface area contributed by atoms with Crippen molar-refractivity contribution in [1.29, 1.82) is 0 Å². The zero-order chi connectivity index (χ0) is 21.2. The second-order valence-corrected chi connectivity index (χ2v) is 8.79. The SMILES string of the molecule is O=C(CCCn1cnc2ccccc2c1=O)Nc1ccc2nc(N3CCCC3)sc2c1. The molecule has 0 bridgehead atoms. The van der Waals surface area contributed by atoms with Crippen molar-refractivity contribution in [3.63, 3.8) is 0 Å². The van der Waals surface area contributed by atoms with Gasteiger partial charge in [0.25, 0.3) is 5.56 Å². The number of rotatable bonds is 6. The second-order valence-electron chi connectivity index (χ2n) is 7.79. The maximum atomic E-state index is 12.5. The van der Waals surface area contributed by atoms with Gasteiger partial charge in [-0.1, -0.05) is 23.5 Å². The Hall–Kier alpha value is -3.26. The van der Waals surface area contributed by atoms with Gasteiger partial charge >= 0.3 is 0 Å². The maximum Gasteiger partial charge on any atom is 0.261 e. The number of nitrogens with zero attached hydrogens (tertiary/aromatic N) is 4. The Morgan fingerprint density at radius 1 is 1.10 bits per heavy atom. The number of carbonyl (C=O) groups excluding carboxylic acids is 1. The lowest BCUT2D eigenvalue weighted by Gasteiger charge is -2.11. The number of amides is 1. The van der Waals surface area contributed by atoms with Gasteiger partial charge in [-0.15, -0.1) is 0 Å². The van der Waals surface area contributed by atoms with Crippen molar-refractivity contribution in [2.45, 2.75) is 32.2 Å². The standard InChI is InChI=1S/C23H23N5O2S/c29-21(8-5-13-28-15-24-18-7-2-1-6-17(18)22(28)30)25-16-9-10-19-20(14-16)31-23(26-19)27-11-3-4-12-27/h1-2,6-7,9-10,14-15H,3-5,8,11-13H2,(H,25,29). The lowest BCUT2D eigenvalue weighted by atomic mass is 10.2. The van der Waals surface area contributed by atoms with E-state index in [9.17, 15) is 9.59 Å². The summed E-state index contributed by atoms with van der Waals surface area (Å²) in [5.41, 5.74) is 2.36. The van der Waals surface area contributed by atoms with Gasteiger partial charge in [0, 0.05) is 31.7 Å². The van der Waals surface area contributed by atoms with Gasteiger partial charge in [0.2, 0.25) is 5.91 Å². The van der Waals surface area contributed by atoms with Crippen LogP contribution in [-0.2, 0) is 11.3 Å². The highest BCUT2D eigenvalue weighted by Gasteiger charge is 2.16. The quantitative estimate of drug-likeness (QED) is 0.497. The molecule has 2 aromatic carbocycles. The number of aryl methyl sites for hydroxylation is 1. The van der Waals surface area contributed by atoms with Crippen LogP contribution in [0, 0.1) is 0 Å². The molecule has 3 heterocycles. The number of fused-ring (bicyclic) bond motifs is 2. The summed E-state index contributed by atoms with van der Waals surface area (Å²) in [4.78, 5) is 36.3. The summed E-state index contributed by atoms with van der Waals surface area (Å²) in [6, 6.07) is 13.1. The molecule has 0 spiro atoms. The van der Waals surface area contributed by atoms with Crippen molar-refractivity contribution in [3.05, 3.63) is 59.1 Å². The van der Waals surface area contributed by atoms with Crippen molar-refractivity contribution < 1.29 is 4.79 Å². The highest BCUT2D eigenvalue weighted by Crippen LogP contribution is 2.32. The lowest BCUT2D eigenvalue weighted by Crippen LogP contribution is -2.21. The number of benzene rings is 2. The van der Waals surface area contributed by atoms with E-state index >= 15 is 0 Å². The van der Waals surface area contributed by atoms with Crippen LogP contribution >= 0.6 is 11.3 Å². The van der Waals surface area contributed by atoms with Gasteiger partial charge in [0.1, 0.15) is 0 Å². The molecule has 7 nitrogen and oxygen atoms in total. The Morgan fingerprint density at radius 2 is 1.94 bits per heavy atom. The average Bonchev–Trinajstić information content (AvgIpc) is 3.45. The third-order valence-corrected chi connectivity index (χ3v) is 6.65. The highest BCUT2D eigenvalue weighted by atomic mass is 32.1. The molecule has 1 aliphatic rings. The van der Waals surface area contributed by atoms with Crippen molar-refractivity contribution in [3.8, 4) is 0 Å². The summed E-state index contributed by atoms with van der Waals surface area (Å²) in [5, 5.41) is 4.63. The van der Waals surface area contributed by atoms with Gasteiger partial charge in [0.15, 0.2) is 5.13 Å². The summed E-state index contributed by atoms with van der Waals surface area (Å²) in [6.07, 6.45) is 4.89. The predicted octanol–water partition coefficient (Wildman–Crippen LogP) is 4.03. The molecule has 1 aliphatic heterocycles. The fraction of sp³-hybridized carbons (Fsp3) is 0.304. The van der Waals surface area contributed by atoms with Crippen LogP contribution in [0.5, 0.6) is 0 Å². The van der Waals surface area contributed by atoms with E-state index in [2.05, 4.69) is 15.2 Å². The fourth-order valence-corrected chi connectivity index (χ4v) is 4.99. The molecule has 31 heavy (non-hydrogen) atoms. The molecule has 0 aliphatic carbocycles. The Labute approximate surface area is 183 Å². The largest absolute Gasteiger partial charge is 0.348 e. The number of nitrogens with one attached hydrogen (secondary N) is 1. The van der Waals surface area contributed by atoms with E-state index in [1.54, 1.807) is 28.3 Å². The maximum absolute atomic E-state index is 12.5. The number of anilines is 2. The van der Waals surface area contributed by atoms with Gasteiger partial charge in [-0.05, 0) is 49.6 Å². The zero-order valence-corrected chi connectivity index (χ0v) is 17.9. The lowest BCUT2D eigenvalue weighted by molar-refractivity contribution is -0.116. The second kappa shape index (κ2) is 8.47. The fourth-order valence-electron chi connectivity index (χ4n) is 3.93. The third kappa shape index (κ3) is 4.16. The van der Waals surface area contributed by atoms with Crippen molar-refractivity contribution in [2.24, 2.45) is 0 Å². The molecule has 2 aromatic heterocycles. The predicted molar refractivity (Wildman–Crippen MR) is 125 cm³/mol. The Kier molecular flexibility index (Phi) is 5.38. The summed E-state index contributed by atoms with van der Waals surface area (Å²) < 4.78 is 2.65. The minimum atomic E-state index is -0.0736. The van der Waals surface area contributed by atoms with Crippen molar-refractivity contribution >= 4 is 49.2 Å². The molecule has 1 saturated heterocycles. The van der Waals surface area contributed by atoms with Crippen LogP contribution < -0.4 is 15.8 Å². The summed E-state index contributed by atoms with van der Waals surface area (Å²) in [7, 11) is 0. The van der Waals surface area contributed by atoms with E-state index in [-0.39, 0.29) is 11.5 Å². The van der Waals surface area contributed by atoms with Crippen LogP contribution in [0.15, 0.2) is 53.6 Å². The molecule has 0 unspecified atom stereocenters. The van der Waals surface area contributed by atoms with Crippen LogP contribution in [0.25, 0.3) is 21.1 Å². The van der Waals surface area contributed by atoms with Gasteiger partial charge < -0.3 is 10.2 Å². The topological polar surface area (TPSA) is 80.1 Å². The number of thiazole rings is 1. The summed E-state index contributed by atoms with van der Waals surface area (Å²) in [6.45, 7) is 2.59. The normalized spacial score (nSPS) is 13.9. The first kappa shape index (κ1) is 19.7. The Morgan fingerprint density at radius 3 is 2.81 bits per heavy atom. The first-order valence-electron chi connectivity index (χ1n) is 10.6. The minimum Gasteiger partial charge on any atom is -0.348 e. The van der Waals surface area contributed by atoms with E-state index in [0.717, 1.165) is 34.1 Å². The molecular formula is C23H23N5O2S. The number of hydrogen-bond donors (Lipinski definition) is 1. The molecule has 1 amide bonds. The van der Waals surface area contributed by atoms with Crippen LogP contribution in [-0.4, -0.2) is 33.5 Å². The van der Waals surface area contributed by atoms with Crippen LogP contribution in [0.2, 0.25) is 0 Å². The van der Waals surface area contributed by atoms with Crippen molar-refractivity contribution in [1.82, 2.24) is 14.5 Å². The van der Waals surface area contributed by atoms with Gasteiger partial charge in [-0.3, -0.25) is 14.2 Å². The van der Waals surface area contributed by atoms with E-state index in [1.807, 2.05) is 36.4 Å².